The maximum Gasteiger partial charge on any atom is 0.309 e. The fourth-order valence-corrected chi connectivity index (χ4v) is 3.78. The van der Waals surface area contributed by atoms with E-state index in [9.17, 15) is 18.4 Å². The highest BCUT2D eigenvalue weighted by Crippen LogP contribution is 2.40. The van der Waals surface area contributed by atoms with E-state index >= 15 is 0 Å². The average Bonchev–Trinajstić information content (AvgIpc) is 2.98. The Bertz CT molecular complexity index is 722. The number of likely N-dealkylation sites (tertiary alicyclic amines) is 1. The topological polar surface area (TPSA) is 59.5 Å². The molecule has 1 aromatic rings. The number of amides is 1. The van der Waals surface area contributed by atoms with Crippen LogP contribution in [0.4, 0.5) is 8.78 Å². The van der Waals surface area contributed by atoms with Crippen molar-refractivity contribution >= 4 is 11.9 Å². The Morgan fingerprint density at radius 2 is 2.08 bits per heavy atom. The van der Waals surface area contributed by atoms with Crippen LogP contribution in [0.5, 0.6) is 0 Å². The number of hydrogen-bond acceptors (Lipinski definition) is 4. The molecule has 0 N–H and O–H groups in total. The second kappa shape index (κ2) is 6.90. The van der Waals surface area contributed by atoms with E-state index in [1.807, 2.05) is 19.1 Å². The number of rotatable bonds is 3. The second-order valence-corrected chi connectivity index (χ2v) is 6.54. The van der Waals surface area contributed by atoms with E-state index in [0.717, 1.165) is 6.20 Å². The molecule has 1 amide bonds. The van der Waals surface area contributed by atoms with Crippen LogP contribution in [0, 0.1) is 35.3 Å². The van der Waals surface area contributed by atoms with Gasteiger partial charge in [0.25, 0.3) is 5.91 Å². The van der Waals surface area contributed by atoms with Crippen LogP contribution in [0.25, 0.3) is 0 Å². The second-order valence-electron chi connectivity index (χ2n) is 6.54. The summed E-state index contributed by atoms with van der Waals surface area (Å²) in [5, 5.41) is 0. The third kappa shape index (κ3) is 3.27. The van der Waals surface area contributed by atoms with Crippen molar-refractivity contribution in [3.8, 4) is 0 Å². The van der Waals surface area contributed by atoms with Gasteiger partial charge >= 0.3 is 5.97 Å². The number of pyridine rings is 1. The van der Waals surface area contributed by atoms with Gasteiger partial charge in [0.05, 0.1) is 18.7 Å². The van der Waals surface area contributed by atoms with Gasteiger partial charge in [-0.2, -0.15) is 0 Å². The fourth-order valence-electron chi connectivity index (χ4n) is 3.78. The molecule has 1 fully saturated rings. The molecule has 134 valence electrons. The van der Waals surface area contributed by atoms with Crippen molar-refractivity contribution in [2.75, 3.05) is 19.7 Å². The number of carbonyl (C=O) groups is 2. The summed E-state index contributed by atoms with van der Waals surface area (Å²) < 4.78 is 32.0. The van der Waals surface area contributed by atoms with Crippen LogP contribution in [0.1, 0.15) is 24.3 Å². The molecular weight excluding hydrogens is 330 g/mol. The highest BCUT2D eigenvalue weighted by Gasteiger charge is 2.46. The zero-order chi connectivity index (χ0) is 18.1. The number of aromatic nitrogens is 1. The lowest BCUT2D eigenvalue weighted by Crippen LogP contribution is -2.37. The van der Waals surface area contributed by atoms with Gasteiger partial charge in [0.15, 0.2) is 11.5 Å². The smallest absolute Gasteiger partial charge is 0.309 e. The van der Waals surface area contributed by atoms with Gasteiger partial charge < -0.3 is 9.64 Å². The van der Waals surface area contributed by atoms with Crippen LogP contribution < -0.4 is 0 Å². The minimum absolute atomic E-state index is 0.0102. The number of allylic oxidation sites excluding steroid dienone is 1. The summed E-state index contributed by atoms with van der Waals surface area (Å²) in [6, 6.07) is 0.646. The first-order valence-electron chi connectivity index (χ1n) is 8.37. The van der Waals surface area contributed by atoms with Crippen molar-refractivity contribution in [1.29, 1.82) is 0 Å². The summed E-state index contributed by atoms with van der Waals surface area (Å²) in [4.78, 5) is 29.9. The Hall–Kier alpha value is -2.31. The lowest BCUT2D eigenvalue weighted by molar-refractivity contribution is -0.152. The molecule has 1 aromatic heterocycles. The van der Waals surface area contributed by atoms with Gasteiger partial charge in [0.2, 0.25) is 0 Å². The molecule has 5 nitrogen and oxygen atoms in total. The normalized spacial score (nSPS) is 27.9. The number of nitrogens with zero attached hydrogens (tertiary/aromatic N) is 2. The summed E-state index contributed by atoms with van der Waals surface area (Å²) in [7, 11) is 0. The Morgan fingerprint density at radius 1 is 1.32 bits per heavy atom. The first-order chi connectivity index (χ1) is 11.9. The van der Waals surface area contributed by atoms with Crippen molar-refractivity contribution in [2.24, 2.45) is 23.7 Å². The lowest BCUT2D eigenvalue weighted by Gasteiger charge is -2.31. The monoisotopic (exact) mass is 350 g/mol. The molecule has 1 saturated heterocycles. The standard InChI is InChI=1S/C18H20F2N2O3/c1-3-25-18(24)15-10(2)4-5-11-8-22(9-13(11)15)17(23)16-14(20)6-12(19)7-21-16/h4-7,10-11,13,15H,3,8-9H2,1-2H3/t10-,11-,13-,15-/m0/s1. The lowest BCUT2D eigenvalue weighted by atomic mass is 9.72. The van der Waals surface area contributed by atoms with Crippen molar-refractivity contribution in [3.63, 3.8) is 0 Å². The number of hydrogen-bond donors (Lipinski definition) is 0. The van der Waals surface area contributed by atoms with Gasteiger partial charge in [0, 0.05) is 19.2 Å². The number of halogens is 2. The molecule has 2 heterocycles. The number of fused-ring (bicyclic) bond motifs is 1. The predicted molar refractivity (Wildman–Crippen MR) is 85.5 cm³/mol. The van der Waals surface area contributed by atoms with Gasteiger partial charge in [-0.1, -0.05) is 19.1 Å². The SMILES string of the molecule is CCOC(=O)[C@@H]1[C@H]2CN(C(=O)c3ncc(F)cc3F)C[C@@H]2C=C[C@@H]1C. The van der Waals surface area contributed by atoms with E-state index in [1.54, 1.807) is 6.92 Å². The minimum atomic E-state index is -0.981. The fraction of sp³-hybridized carbons (Fsp3) is 0.500. The van der Waals surface area contributed by atoms with E-state index in [0.29, 0.717) is 25.8 Å². The number of carbonyl (C=O) groups excluding carboxylic acids is 2. The zero-order valence-electron chi connectivity index (χ0n) is 14.1. The van der Waals surface area contributed by atoms with Crippen LogP contribution in [-0.4, -0.2) is 41.5 Å². The molecule has 0 bridgehead atoms. The summed E-state index contributed by atoms with van der Waals surface area (Å²) in [5.74, 6) is -3.06. The summed E-state index contributed by atoms with van der Waals surface area (Å²) >= 11 is 0. The van der Waals surface area contributed by atoms with E-state index in [-0.39, 0.29) is 29.6 Å². The first kappa shape index (κ1) is 17.5. The molecule has 25 heavy (non-hydrogen) atoms. The summed E-state index contributed by atoms with van der Waals surface area (Å²) in [6.07, 6.45) is 4.79. The van der Waals surface area contributed by atoms with Gasteiger partial charge in [-0.15, -0.1) is 0 Å². The minimum Gasteiger partial charge on any atom is -0.466 e. The van der Waals surface area contributed by atoms with Crippen LogP contribution in [-0.2, 0) is 9.53 Å². The molecule has 1 aliphatic heterocycles. The van der Waals surface area contributed by atoms with E-state index in [4.69, 9.17) is 4.74 Å². The predicted octanol–water partition coefficient (Wildman–Crippen LogP) is 2.43. The molecule has 0 aromatic carbocycles. The van der Waals surface area contributed by atoms with Gasteiger partial charge in [-0.05, 0) is 24.7 Å². The Labute approximate surface area is 144 Å². The van der Waals surface area contributed by atoms with Gasteiger partial charge in [-0.3, -0.25) is 9.59 Å². The molecule has 4 atom stereocenters. The van der Waals surface area contributed by atoms with Crippen molar-refractivity contribution < 1.29 is 23.1 Å². The maximum atomic E-state index is 13.9. The molecule has 0 unspecified atom stereocenters. The number of esters is 1. The Kier molecular flexibility index (Phi) is 4.83. The first-order valence-corrected chi connectivity index (χ1v) is 8.37. The van der Waals surface area contributed by atoms with E-state index in [1.165, 1.54) is 4.90 Å². The molecule has 0 radical (unpaired) electrons. The Morgan fingerprint density at radius 3 is 2.76 bits per heavy atom. The van der Waals surface area contributed by atoms with Crippen LogP contribution in [0.2, 0.25) is 0 Å². The molecule has 7 heteroatoms. The van der Waals surface area contributed by atoms with Gasteiger partial charge in [0.1, 0.15) is 5.82 Å². The van der Waals surface area contributed by atoms with E-state index < -0.39 is 23.2 Å². The van der Waals surface area contributed by atoms with E-state index in [2.05, 4.69) is 4.98 Å². The maximum absolute atomic E-state index is 13.9. The third-order valence-electron chi connectivity index (χ3n) is 4.96. The third-order valence-corrected chi connectivity index (χ3v) is 4.96. The van der Waals surface area contributed by atoms with Crippen molar-refractivity contribution in [2.45, 2.75) is 13.8 Å². The largest absolute Gasteiger partial charge is 0.466 e. The molecule has 1 aliphatic carbocycles. The van der Waals surface area contributed by atoms with Crippen molar-refractivity contribution in [1.82, 2.24) is 9.88 Å². The number of ether oxygens (including phenoxy) is 1. The molecule has 3 rings (SSSR count). The summed E-state index contributed by atoms with van der Waals surface area (Å²) in [5.41, 5.74) is -0.398. The van der Waals surface area contributed by atoms with Gasteiger partial charge in [-0.25, -0.2) is 13.8 Å². The van der Waals surface area contributed by atoms with Crippen LogP contribution in [0.15, 0.2) is 24.4 Å². The highest BCUT2D eigenvalue weighted by molar-refractivity contribution is 5.92. The molecule has 0 spiro atoms. The molecule has 2 aliphatic rings. The summed E-state index contributed by atoms with van der Waals surface area (Å²) in [6.45, 7) is 4.70. The van der Waals surface area contributed by atoms with Crippen LogP contribution >= 0.6 is 0 Å². The highest BCUT2D eigenvalue weighted by atomic mass is 19.1. The Balaban J connectivity index is 1.81. The average molecular weight is 350 g/mol. The zero-order valence-corrected chi connectivity index (χ0v) is 14.1. The van der Waals surface area contributed by atoms with Crippen molar-refractivity contribution in [3.05, 3.63) is 41.7 Å². The molecule has 0 saturated carbocycles. The molecular formula is C18H20F2N2O3. The van der Waals surface area contributed by atoms with Crippen LogP contribution in [0.3, 0.4) is 0 Å². The quantitative estimate of drug-likeness (QED) is 0.621.